The van der Waals surface area contributed by atoms with Crippen LogP contribution < -0.4 is 10.6 Å². The third-order valence-electron chi connectivity index (χ3n) is 3.01. The van der Waals surface area contributed by atoms with E-state index in [9.17, 15) is 48.3 Å². The second-order valence-electron chi connectivity index (χ2n) is 4.89. The van der Waals surface area contributed by atoms with Crippen molar-refractivity contribution in [2.24, 2.45) is 5.73 Å². The number of hydrogen-bond donors (Lipinski definition) is 2. The average Bonchev–Trinajstić information content (AvgIpc) is 2.45. The minimum absolute atomic E-state index is 0.0205. The molecule has 1 aromatic carbocycles. The smallest absolute Gasteiger partial charge is 0.350 e. The maximum Gasteiger partial charge on any atom is 0.430 e. The maximum absolute atomic E-state index is 13.9. The number of benzene rings is 1. The zero-order valence-corrected chi connectivity index (χ0v) is 13.2. The van der Waals surface area contributed by atoms with E-state index in [1.54, 1.807) is 0 Å². The molecule has 0 aliphatic rings. The highest BCUT2D eigenvalue weighted by atomic mass is 32.2. The quantitative estimate of drug-likeness (QED) is 0.440. The molecule has 0 saturated carbocycles. The number of amides is 2. The number of carbonyl (C=O) groups is 1. The molecule has 0 spiro atoms. The lowest BCUT2D eigenvalue weighted by Gasteiger charge is -2.37. The van der Waals surface area contributed by atoms with Crippen molar-refractivity contribution in [3.05, 3.63) is 29.8 Å². The molecule has 0 fully saturated rings. The van der Waals surface area contributed by atoms with Gasteiger partial charge in [0.2, 0.25) is 0 Å². The van der Waals surface area contributed by atoms with Gasteiger partial charge < -0.3 is 5.73 Å². The van der Waals surface area contributed by atoms with Gasteiger partial charge in [0, 0.05) is 0 Å². The number of nitrogens with one attached hydrogen (secondary N) is 1. The molecule has 0 aliphatic carbocycles. The summed E-state index contributed by atoms with van der Waals surface area (Å²) in [6.07, 6.45) is -6.24. The molecule has 3 N–H and O–H groups in total. The fraction of sp³-hybridized carbons (Fsp3) is 0.364. The monoisotopic (exact) mass is 415 g/mol. The number of hydrazine groups is 1. The van der Waals surface area contributed by atoms with Crippen LogP contribution in [0.25, 0.3) is 0 Å². The van der Waals surface area contributed by atoms with Crippen LogP contribution >= 0.6 is 0 Å². The highest BCUT2D eigenvalue weighted by molar-refractivity contribution is 7.89. The van der Waals surface area contributed by atoms with E-state index in [-0.39, 0.29) is 12.1 Å². The first-order chi connectivity index (χ1) is 11.4. The minimum Gasteiger partial charge on any atom is -0.350 e. The maximum atomic E-state index is 13.9. The van der Waals surface area contributed by atoms with Gasteiger partial charge >= 0.3 is 18.3 Å². The van der Waals surface area contributed by atoms with Gasteiger partial charge in [0.15, 0.2) is 11.6 Å². The predicted molar refractivity (Wildman–Crippen MR) is 68.6 cm³/mol. The van der Waals surface area contributed by atoms with Crippen LogP contribution in [0.1, 0.15) is 6.92 Å². The number of carbonyl (C=O) groups excluding carboxylic acids is 1. The Labute approximate surface area is 140 Å². The normalized spacial score (nSPS) is 15.4. The van der Waals surface area contributed by atoms with Crippen molar-refractivity contribution in [3.63, 3.8) is 0 Å². The summed E-state index contributed by atoms with van der Waals surface area (Å²) in [5.41, 5.74) is -1.01. The van der Waals surface area contributed by atoms with Gasteiger partial charge in [0.1, 0.15) is 0 Å². The zero-order chi connectivity index (χ0) is 20.7. The van der Waals surface area contributed by atoms with E-state index in [4.69, 9.17) is 0 Å². The van der Waals surface area contributed by atoms with E-state index < -0.39 is 62.4 Å². The topological polar surface area (TPSA) is 92.5 Å². The largest absolute Gasteiger partial charge is 0.430 e. The Morgan fingerprint density at radius 3 is 1.96 bits per heavy atom. The van der Waals surface area contributed by atoms with Crippen molar-refractivity contribution in [1.29, 1.82) is 0 Å². The molecule has 0 bridgehead atoms. The second kappa shape index (κ2) is 6.53. The fourth-order valence-electron chi connectivity index (χ4n) is 1.44. The molecule has 6 nitrogen and oxygen atoms in total. The number of nitrogens with zero attached hydrogens (tertiary/aromatic N) is 1. The lowest BCUT2D eigenvalue weighted by atomic mass is 10.1. The Balaban J connectivity index is 3.39. The van der Waals surface area contributed by atoms with E-state index in [2.05, 4.69) is 5.73 Å². The number of hydrogen-bond acceptors (Lipinski definition) is 3. The summed E-state index contributed by atoms with van der Waals surface area (Å²) >= 11 is 0. The van der Waals surface area contributed by atoms with Crippen LogP contribution in [0.4, 0.5) is 39.9 Å². The third kappa shape index (κ3) is 3.82. The van der Waals surface area contributed by atoms with Crippen molar-refractivity contribution >= 4 is 16.1 Å². The number of urea groups is 1. The van der Waals surface area contributed by atoms with Gasteiger partial charge in [0.25, 0.3) is 15.7 Å². The Hall–Kier alpha value is -2.16. The summed E-state index contributed by atoms with van der Waals surface area (Å²) in [6, 6.07) is -7.77. The van der Waals surface area contributed by atoms with E-state index in [1.165, 1.54) is 0 Å². The van der Waals surface area contributed by atoms with Crippen LogP contribution in [-0.4, -0.2) is 37.3 Å². The average molecular weight is 415 g/mol. The first kappa shape index (κ1) is 21.9. The Morgan fingerprint density at radius 2 is 1.58 bits per heavy atom. The summed E-state index contributed by atoms with van der Waals surface area (Å²) in [4.78, 5) is 10.4. The summed E-state index contributed by atoms with van der Waals surface area (Å²) in [5, 5.41) is -1.61. The van der Waals surface area contributed by atoms with Crippen LogP contribution in [0.15, 0.2) is 23.1 Å². The van der Waals surface area contributed by atoms with Gasteiger partial charge in [-0.2, -0.15) is 27.0 Å². The third-order valence-corrected chi connectivity index (χ3v) is 4.31. The fourth-order valence-corrected chi connectivity index (χ4v) is 2.49. The molecule has 0 aromatic heterocycles. The molecule has 26 heavy (non-hydrogen) atoms. The first-order valence-electron chi connectivity index (χ1n) is 6.16. The van der Waals surface area contributed by atoms with E-state index in [1.807, 2.05) is 0 Å². The highest BCUT2D eigenvalue weighted by Crippen LogP contribution is 2.46. The van der Waals surface area contributed by atoms with Gasteiger partial charge in [-0.3, -0.25) is 0 Å². The van der Waals surface area contributed by atoms with Gasteiger partial charge in [-0.25, -0.2) is 26.4 Å². The van der Waals surface area contributed by atoms with E-state index in [0.29, 0.717) is 10.9 Å². The summed E-state index contributed by atoms with van der Waals surface area (Å²) in [5.74, 6) is -3.29. The molecule has 0 radical (unpaired) electrons. The summed E-state index contributed by atoms with van der Waals surface area (Å²) < 4.78 is 128. The Morgan fingerprint density at radius 1 is 1.08 bits per heavy atom. The molecule has 1 aromatic rings. The Kier molecular flexibility index (Phi) is 5.50. The molecule has 15 heteroatoms. The first-order valence-corrected chi connectivity index (χ1v) is 7.64. The van der Waals surface area contributed by atoms with Crippen LogP contribution in [0.2, 0.25) is 0 Å². The number of primary amides is 1. The lowest BCUT2D eigenvalue weighted by Crippen LogP contribution is -2.68. The lowest BCUT2D eigenvalue weighted by molar-refractivity contribution is -0.329. The molecule has 1 atom stereocenters. The van der Waals surface area contributed by atoms with Gasteiger partial charge in [-0.05, 0) is 25.1 Å². The standard InChI is InChI=1S/C11H9F8N3O3S/c1-9(14,10(15,16)17)11(18,19)22(8(20)23)21-26(24,25)5-2-3-6(12)7(13)4-5/h2-4,21H,1H3,(H2,20,23). The molecule has 0 aliphatic heterocycles. The number of rotatable bonds is 5. The number of halogens is 8. The minimum atomic E-state index is -6.24. The van der Waals surface area contributed by atoms with Crippen LogP contribution in [0.5, 0.6) is 0 Å². The van der Waals surface area contributed by atoms with Crippen LogP contribution in [0.3, 0.4) is 0 Å². The second-order valence-corrected chi connectivity index (χ2v) is 6.55. The number of sulfonamides is 1. The molecule has 0 saturated heterocycles. The number of alkyl halides is 6. The van der Waals surface area contributed by atoms with Crippen molar-refractivity contribution < 1.29 is 48.3 Å². The molecular weight excluding hydrogens is 406 g/mol. The van der Waals surface area contributed by atoms with Crippen molar-refractivity contribution in [1.82, 2.24) is 9.84 Å². The summed E-state index contributed by atoms with van der Waals surface area (Å²) in [7, 11) is -5.38. The molecule has 1 rings (SSSR count). The Bertz CT molecular complexity index is 809. The van der Waals surface area contributed by atoms with Gasteiger partial charge in [-0.1, -0.05) is 0 Å². The van der Waals surface area contributed by atoms with E-state index >= 15 is 0 Å². The molecule has 2 amide bonds. The molecular formula is C11H9F8N3O3S. The van der Waals surface area contributed by atoms with Crippen LogP contribution in [0, 0.1) is 11.6 Å². The molecule has 148 valence electrons. The van der Waals surface area contributed by atoms with Crippen molar-refractivity contribution in [2.45, 2.75) is 29.7 Å². The molecule has 0 heterocycles. The number of nitrogens with two attached hydrogens (primary N) is 1. The summed E-state index contributed by atoms with van der Waals surface area (Å²) in [6.45, 7) is -0.658. The highest BCUT2D eigenvalue weighted by Gasteiger charge is 2.72. The van der Waals surface area contributed by atoms with Crippen molar-refractivity contribution in [3.8, 4) is 0 Å². The van der Waals surface area contributed by atoms with Crippen molar-refractivity contribution in [2.75, 3.05) is 0 Å². The predicted octanol–water partition coefficient (Wildman–Crippen LogP) is 2.42. The van der Waals surface area contributed by atoms with E-state index in [0.717, 1.165) is 0 Å². The van der Waals surface area contributed by atoms with Gasteiger partial charge in [0.05, 0.1) is 4.90 Å². The SMILES string of the molecule is CC(F)(C(F)(F)F)C(F)(F)N(NS(=O)(=O)c1ccc(F)c(F)c1)C(N)=O. The molecule has 1 unspecified atom stereocenters. The zero-order valence-electron chi connectivity index (χ0n) is 12.4. The van der Waals surface area contributed by atoms with Gasteiger partial charge in [-0.15, -0.1) is 4.83 Å². The van der Waals surface area contributed by atoms with Crippen LogP contribution in [-0.2, 0) is 10.0 Å².